The van der Waals surface area contributed by atoms with Crippen molar-refractivity contribution < 1.29 is 4.79 Å². The lowest BCUT2D eigenvalue weighted by Crippen LogP contribution is -2.42. The van der Waals surface area contributed by atoms with E-state index in [1.807, 2.05) is 32.0 Å². The van der Waals surface area contributed by atoms with E-state index in [4.69, 9.17) is 0 Å². The Labute approximate surface area is 158 Å². The molecule has 6 heteroatoms. The molecule has 1 fully saturated rings. The van der Waals surface area contributed by atoms with Gasteiger partial charge in [-0.15, -0.1) is 0 Å². The molecule has 2 atom stereocenters. The maximum atomic E-state index is 12.8. The van der Waals surface area contributed by atoms with Gasteiger partial charge in [-0.1, -0.05) is 43.7 Å². The highest BCUT2D eigenvalue weighted by molar-refractivity contribution is 7.99. The smallest absolute Gasteiger partial charge is 0.262 e. The summed E-state index contributed by atoms with van der Waals surface area (Å²) in [6.45, 7) is 6.13. The Kier molecular flexibility index (Phi) is 6.01. The van der Waals surface area contributed by atoms with Gasteiger partial charge in [0.05, 0.1) is 16.7 Å². The van der Waals surface area contributed by atoms with Crippen molar-refractivity contribution in [3.8, 4) is 0 Å². The van der Waals surface area contributed by atoms with Crippen LogP contribution in [0.2, 0.25) is 0 Å². The minimum Gasteiger partial charge on any atom is -0.352 e. The molecule has 1 N–H and O–H groups in total. The van der Waals surface area contributed by atoms with Gasteiger partial charge >= 0.3 is 0 Å². The zero-order valence-corrected chi connectivity index (χ0v) is 16.5. The minimum atomic E-state index is -0.0468. The second-order valence-electron chi connectivity index (χ2n) is 7.40. The zero-order chi connectivity index (χ0) is 18.7. The summed E-state index contributed by atoms with van der Waals surface area (Å²) in [5.74, 6) is 0.831. The van der Waals surface area contributed by atoms with Crippen molar-refractivity contribution in [3.63, 3.8) is 0 Å². The molecule has 5 nitrogen and oxygen atoms in total. The lowest BCUT2D eigenvalue weighted by molar-refractivity contribution is -0.119. The Bertz CT molecular complexity index is 847. The van der Waals surface area contributed by atoms with Crippen LogP contribution in [0.4, 0.5) is 0 Å². The van der Waals surface area contributed by atoms with Crippen molar-refractivity contribution >= 4 is 28.6 Å². The molecule has 1 saturated carbocycles. The summed E-state index contributed by atoms with van der Waals surface area (Å²) >= 11 is 1.34. The molecule has 1 aromatic heterocycles. The summed E-state index contributed by atoms with van der Waals surface area (Å²) in [5.41, 5.74) is 0.632. The summed E-state index contributed by atoms with van der Waals surface area (Å²) < 4.78 is 1.68. The lowest BCUT2D eigenvalue weighted by Gasteiger charge is -2.29. The summed E-state index contributed by atoms with van der Waals surface area (Å²) in [7, 11) is 0. The average molecular weight is 374 g/mol. The van der Waals surface area contributed by atoms with Crippen molar-refractivity contribution in [2.45, 2.75) is 63.7 Å². The highest BCUT2D eigenvalue weighted by atomic mass is 32.2. The maximum Gasteiger partial charge on any atom is 0.262 e. The fraction of sp³-hybridized carbons (Fsp3) is 0.550. The number of fused-ring (bicyclic) bond motifs is 1. The summed E-state index contributed by atoms with van der Waals surface area (Å²) in [4.78, 5) is 29.9. The van der Waals surface area contributed by atoms with Gasteiger partial charge in [-0.05, 0) is 44.7 Å². The maximum absolute atomic E-state index is 12.8. The van der Waals surface area contributed by atoms with Crippen LogP contribution >= 0.6 is 11.8 Å². The molecule has 1 aromatic carbocycles. The second kappa shape index (κ2) is 8.25. The van der Waals surface area contributed by atoms with Crippen LogP contribution in [0.1, 0.15) is 52.5 Å². The van der Waals surface area contributed by atoms with Crippen LogP contribution in [-0.4, -0.2) is 27.3 Å². The van der Waals surface area contributed by atoms with Crippen LogP contribution in [0, 0.1) is 5.92 Å². The molecule has 2 aromatic rings. The van der Waals surface area contributed by atoms with E-state index in [-0.39, 0.29) is 29.3 Å². The number of hydrogen-bond acceptors (Lipinski definition) is 4. The van der Waals surface area contributed by atoms with E-state index < -0.39 is 0 Å². The van der Waals surface area contributed by atoms with E-state index in [9.17, 15) is 9.59 Å². The van der Waals surface area contributed by atoms with Crippen LogP contribution in [0.5, 0.6) is 0 Å². The van der Waals surface area contributed by atoms with Crippen LogP contribution in [0.25, 0.3) is 10.9 Å². The predicted octanol–water partition coefficient (Wildman–Crippen LogP) is 3.76. The van der Waals surface area contributed by atoms with Gasteiger partial charge in [0, 0.05) is 12.1 Å². The van der Waals surface area contributed by atoms with Gasteiger partial charge in [-0.2, -0.15) is 0 Å². The molecule has 0 spiro atoms. The van der Waals surface area contributed by atoms with Crippen LogP contribution < -0.4 is 10.9 Å². The van der Waals surface area contributed by atoms with Gasteiger partial charge in [-0.25, -0.2) is 4.98 Å². The number of carbonyl (C=O) groups excluding carboxylic acids is 1. The van der Waals surface area contributed by atoms with E-state index in [1.54, 1.807) is 10.6 Å². The van der Waals surface area contributed by atoms with E-state index in [1.165, 1.54) is 31.0 Å². The Morgan fingerprint density at radius 2 is 2.04 bits per heavy atom. The molecule has 1 heterocycles. The SMILES string of the molecule is CC(C)n1c(SCC(=O)N[C@H]2CCCC[C@H]2C)nc2ccccc2c1=O. The first-order chi connectivity index (χ1) is 12.5. The molecule has 3 rings (SSSR count). The normalized spacial score (nSPS) is 20.5. The highest BCUT2D eigenvalue weighted by Gasteiger charge is 2.23. The second-order valence-corrected chi connectivity index (χ2v) is 8.35. The monoisotopic (exact) mass is 373 g/mol. The van der Waals surface area contributed by atoms with E-state index in [2.05, 4.69) is 17.2 Å². The van der Waals surface area contributed by atoms with Crippen molar-refractivity contribution in [2.75, 3.05) is 5.75 Å². The quantitative estimate of drug-likeness (QED) is 0.640. The van der Waals surface area contributed by atoms with Gasteiger partial charge in [0.15, 0.2) is 5.16 Å². The first kappa shape index (κ1) is 19.0. The minimum absolute atomic E-state index is 0.0106. The van der Waals surface area contributed by atoms with Crippen molar-refractivity contribution in [1.82, 2.24) is 14.9 Å². The molecule has 0 aliphatic heterocycles. The Morgan fingerprint density at radius 3 is 2.77 bits per heavy atom. The number of rotatable bonds is 5. The molecular weight excluding hydrogens is 346 g/mol. The molecule has 0 saturated heterocycles. The van der Waals surface area contributed by atoms with Crippen molar-refractivity contribution in [2.24, 2.45) is 5.92 Å². The fourth-order valence-electron chi connectivity index (χ4n) is 3.59. The van der Waals surface area contributed by atoms with Gasteiger partial charge in [-0.3, -0.25) is 14.2 Å². The molecule has 1 aliphatic carbocycles. The molecule has 26 heavy (non-hydrogen) atoms. The molecule has 0 radical (unpaired) electrons. The summed E-state index contributed by atoms with van der Waals surface area (Å²) in [5, 5.41) is 4.39. The van der Waals surface area contributed by atoms with E-state index >= 15 is 0 Å². The number of amides is 1. The number of hydrogen-bond donors (Lipinski definition) is 1. The Morgan fingerprint density at radius 1 is 1.31 bits per heavy atom. The number of thioether (sulfide) groups is 1. The molecular formula is C20H27N3O2S. The Hall–Kier alpha value is -1.82. The molecule has 0 bridgehead atoms. The van der Waals surface area contributed by atoms with Gasteiger partial charge < -0.3 is 5.32 Å². The molecule has 1 amide bonds. The lowest BCUT2D eigenvalue weighted by atomic mass is 9.86. The number of para-hydroxylation sites is 1. The molecule has 1 aliphatic rings. The van der Waals surface area contributed by atoms with Gasteiger partial charge in [0.2, 0.25) is 5.91 Å². The fourth-order valence-corrected chi connectivity index (χ4v) is 4.53. The van der Waals surface area contributed by atoms with Crippen LogP contribution in [0.15, 0.2) is 34.2 Å². The van der Waals surface area contributed by atoms with Gasteiger partial charge in [0.25, 0.3) is 5.56 Å². The van der Waals surface area contributed by atoms with Gasteiger partial charge in [0.1, 0.15) is 0 Å². The third-order valence-corrected chi connectivity index (χ3v) is 6.03. The van der Waals surface area contributed by atoms with E-state index in [0.29, 0.717) is 22.0 Å². The third kappa shape index (κ3) is 4.11. The summed E-state index contributed by atoms with van der Waals surface area (Å²) in [6, 6.07) is 7.63. The highest BCUT2D eigenvalue weighted by Crippen LogP contribution is 2.24. The zero-order valence-electron chi connectivity index (χ0n) is 15.7. The standard InChI is InChI=1S/C20H27N3O2S/c1-13(2)23-19(25)15-9-5-7-11-17(15)22-20(23)26-12-18(24)21-16-10-6-4-8-14(16)3/h5,7,9,11,13-14,16H,4,6,8,10,12H2,1-3H3,(H,21,24)/t14-,16+/m1/s1. The third-order valence-electron chi connectivity index (χ3n) is 5.08. The molecule has 140 valence electrons. The largest absolute Gasteiger partial charge is 0.352 e. The van der Waals surface area contributed by atoms with Crippen molar-refractivity contribution in [1.29, 1.82) is 0 Å². The topological polar surface area (TPSA) is 64.0 Å². The van der Waals surface area contributed by atoms with Crippen molar-refractivity contribution in [3.05, 3.63) is 34.6 Å². The molecule has 0 unspecified atom stereocenters. The summed E-state index contributed by atoms with van der Waals surface area (Å²) in [6.07, 6.45) is 4.67. The average Bonchev–Trinajstić information content (AvgIpc) is 2.61. The number of aromatic nitrogens is 2. The number of nitrogens with zero attached hydrogens (tertiary/aromatic N) is 2. The van der Waals surface area contributed by atoms with E-state index in [0.717, 1.165) is 6.42 Å². The first-order valence-electron chi connectivity index (χ1n) is 9.41. The number of carbonyl (C=O) groups is 1. The van der Waals surface area contributed by atoms with Crippen LogP contribution in [-0.2, 0) is 4.79 Å². The number of benzene rings is 1. The van der Waals surface area contributed by atoms with Crippen LogP contribution in [0.3, 0.4) is 0 Å². The predicted molar refractivity (Wildman–Crippen MR) is 107 cm³/mol. The number of nitrogens with one attached hydrogen (secondary N) is 1. The Balaban J connectivity index is 1.76. The first-order valence-corrected chi connectivity index (χ1v) is 10.4.